The Balaban J connectivity index is 2.43. The maximum Gasteiger partial charge on any atom is 0.408 e. The third-order valence-electron chi connectivity index (χ3n) is 5.80. The Morgan fingerprint density at radius 2 is 1.63 bits per heavy atom. The largest absolute Gasteiger partial charge is 0.508 e. The molecule has 0 heterocycles. The molecule has 196 valence electrons. The molecular formula is C26H41N3O5S. The molecule has 0 aliphatic heterocycles. The number of nitrogens with one attached hydrogen (secondary N) is 2. The quantitative estimate of drug-likeness (QED) is 0.411. The number of alkyl carbamates (subject to hydrolysis) is 1. The predicted molar refractivity (Wildman–Crippen MR) is 139 cm³/mol. The van der Waals surface area contributed by atoms with Crippen LogP contribution in [0.5, 0.6) is 5.75 Å². The number of nitrogens with zero attached hydrogens (tertiary/aromatic N) is 1. The van der Waals surface area contributed by atoms with Gasteiger partial charge in [0, 0.05) is 17.3 Å². The molecule has 1 aliphatic rings. The number of carbonyl (C=O) groups is 3. The highest BCUT2D eigenvalue weighted by atomic mass is 32.1. The Bertz CT molecular complexity index is 870. The Kier molecular flexibility index (Phi) is 9.89. The van der Waals surface area contributed by atoms with Gasteiger partial charge >= 0.3 is 6.09 Å². The summed E-state index contributed by atoms with van der Waals surface area (Å²) < 4.78 is 5.33. The van der Waals surface area contributed by atoms with Crippen molar-refractivity contribution in [2.45, 2.75) is 103 Å². The molecule has 0 radical (unpaired) electrons. The van der Waals surface area contributed by atoms with E-state index in [1.165, 1.54) is 17.0 Å². The monoisotopic (exact) mass is 507 g/mol. The Morgan fingerprint density at radius 1 is 1.06 bits per heavy atom. The van der Waals surface area contributed by atoms with Gasteiger partial charge in [0.25, 0.3) is 0 Å². The van der Waals surface area contributed by atoms with E-state index in [9.17, 15) is 19.5 Å². The molecule has 2 rings (SSSR count). The Morgan fingerprint density at radius 3 is 2.11 bits per heavy atom. The molecule has 35 heavy (non-hydrogen) atoms. The molecule has 0 aromatic heterocycles. The van der Waals surface area contributed by atoms with Gasteiger partial charge in [-0.05, 0) is 72.1 Å². The number of hydrogen-bond acceptors (Lipinski definition) is 6. The first-order valence-corrected chi connectivity index (χ1v) is 12.9. The SMILES string of the molecule is CC(C)(C)OC(=O)NC(CS)C(=O)N(C(C(=O)NC1CCCCC1)c1ccc(O)cc1)C(C)(C)C. The summed E-state index contributed by atoms with van der Waals surface area (Å²) >= 11 is 4.31. The third kappa shape index (κ3) is 8.63. The summed E-state index contributed by atoms with van der Waals surface area (Å²) in [6, 6.07) is 4.36. The zero-order chi connectivity index (χ0) is 26.4. The van der Waals surface area contributed by atoms with Crippen LogP contribution in [0.15, 0.2) is 24.3 Å². The summed E-state index contributed by atoms with van der Waals surface area (Å²) in [5, 5.41) is 15.6. The summed E-state index contributed by atoms with van der Waals surface area (Å²) in [6.45, 7) is 10.7. The smallest absolute Gasteiger partial charge is 0.408 e. The van der Waals surface area contributed by atoms with E-state index in [4.69, 9.17) is 4.74 Å². The van der Waals surface area contributed by atoms with E-state index >= 15 is 0 Å². The first-order chi connectivity index (χ1) is 16.2. The van der Waals surface area contributed by atoms with Gasteiger partial charge in [0.15, 0.2) is 0 Å². The van der Waals surface area contributed by atoms with Crippen molar-refractivity contribution < 1.29 is 24.2 Å². The van der Waals surface area contributed by atoms with Crippen molar-refractivity contribution in [2.24, 2.45) is 0 Å². The van der Waals surface area contributed by atoms with E-state index in [2.05, 4.69) is 23.3 Å². The third-order valence-corrected chi connectivity index (χ3v) is 6.16. The molecule has 1 fully saturated rings. The lowest BCUT2D eigenvalue weighted by atomic mass is 9.93. The van der Waals surface area contributed by atoms with Gasteiger partial charge in [0.2, 0.25) is 11.8 Å². The van der Waals surface area contributed by atoms with Crippen LogP contribution in [0.25, 0.3) is 0 Å². The summed E-state index contributed by atoms with van der Waals surface area (Å²) in [4.78, 5) is 41.5. The minimum Gasteiger partial charge on any atom is -0.508 e. The van der Waals surface area contributed by atoms with Crippen molar-refractivity contribution in [3.05, 3.63) is 29.8 Å². The second kappa shape index (κ2) is 12.0. The number of phenolic OH excluding ortho intramolecular Hbond substituents is 1. The lowest BCUT2D eigenvalue weighted by Gasteiger charge is -2.43. The van der Waals surface area contributed by atoms with Crippen LogP contribution in [-0.2, 0) is 14.3 Å². The van der Waals surface area contributed by atoms with Crippen LogP contribution in [0.3, 0.4) is 0 Å². The zero-order valence-electron chi connectivity index (χ0n) is 21.8. The van der Waals surface area contributed by atoms with Crippen LogP contribution in [0.1, 0.15) is 85.3 Å². The van der Waals surface area contributed by atoms with Gasteiger partial charge in [-0.25, -0.2) is 4.79 Å². The van der Waals surface area contributed by atoms with E-state index in [1.54, 1.807) is 32.9 Å². The molecule has 2 unspecified atom stereocenters. The van der Waals surface area contributed by atoms with E-state index in [-0.39, 0.29) is 23.5 Å². The fraction of sp³-hybridized carbons (Fsp3) is 0.654. The van der Waals surface area contributed by atoms with Crippen molar-refractivity contribution in [3.8, 4) is 5.75 Å². The van der Waals surface area contributed by atoms with Crippen LogP contribution >= 0.6 is 12.6 Å². The molecule has 8 nitrogen and oxygen atoms in total. The molecule has 2 atom stereocenters. The van der Waals surface area contributed by atoms with Gasteiger partial charge < -0.3 is 25.4 Å². The first-order valence-electron chi connectivity index (χ1n) is 12.3. The van der Waals surface area contributed by atoms with Gasteiger partial charge in [0.1, 0.15) is 23.4 Å². The molecule has 1 saturated carbocycles. The number of ether oxygens (including phenoxy) is 1. The number of phenols is 1. The lowest BCUT2D eigenvalue weighted by Crippen LogP contribution is -2.59. The predicted octanol–water partition coefficient (Wildman–Crippen LogP) is 4.33. The lowest BCUT2D eigenvalue weighted by molar-refractivity contribution is -0.148. The molecule has 3 amide bonds. The average Bonchev–Trinajstić information content (AvgIpc) is 2.74. The van der Waals surface area contributed by atoms with Crippen molar-refractivity contribution in [3.63, 3.8) is 0 Å². The number of rotatable bonds is 7. The van der Waals surface area contributed by atoms with Gasteiger partial charge in [-0.3, -0.25) is 9.59 Å². The number of thiol groups is 1. The molecule has 9 heteroatoms. The van der Waals surface area contributed by atoms with Gasteiger partial charge in [-0.1, -0.05) is 31.4 Å². The highest BCUT2D eigenvalue weighted by Crippen LogP contribution is 2.31. The number of hydrogen-bond donors (Lipinski definition) is 4. The summed E-state index contributed by atoms with van der Waals surface area (Å²) in [5.74, 6) is -0.651. The molecule has 0 saturated heterocycles. The van der Waals surface area contributed by atoms with Crippen LogP contribution in [-0.4, -0.2) is 56.9 Å². The highest BCUT2D eigenvalue weighted by Gasteiger charge is 2.42. The normalized spacial score (nSPS) is 16.7. The second-order valence-electron chi connectivity index (χ2n) is 11.1. The number of aromatic hydroxyl groups is 1. The van der Waals surface area contributed by atoms with Gasteiger partial charge in [-0.15, -0.1) is 0 Å². The maximum absolute atomic E-state index is 13.9. The van der Waals surface area contributed by atoms with E-state index in [1.807, 2.05) is 20.8 Å². The van der Waals surface area contributed by atoms with Crippen molar-refractivity contribution in [2.75, 3.05) is 5.75 Å². The molecule has 3 N–H and O–H groups in total. The van der Waals surface area contributed by atoms with Crippen LogP contribution in [0, 0.1) is 0 Å². The van der Waals surface area contributed by atoms with E-state index in [0.29, 0.717) is 5.56 Å². The van der Waals surface area contributed by atoms with Crippen LogP contribution in [0.4, 0.5) is 4.79 Å². The Labute approximate surface area is 214 Å². The van der Waals surface area contributed by atoms with E-state index in [0.717, 1.165) is 32.1 Å². The molecule has 1 aromatic carbocycles. The second-order valence-corrected chi connectivity index (χ2v) is 11.5. The van der Waals surface area contributed by atoms with Crippen molar-refractivity contribution >= 4 is 30.5 Å². The first kappa shape index (κ1) is 28.8. The number of amides is 3. The molecular weight excluding hydrogens is 466 g/mol. The van der Waals surface area contributed by atoms with Crippen molar-refractivity contribution in [1.29, 1.82) is 0 Å². The minimum absolute atomic E-state index is 0.0250. The standard InChI is InChI=1S/C26H41N3O5S/c1-25(2,3)29(23(32)20(16-35)28-24(33)34-26(4,5)6)21(17-12-14-19(30)15-13-17)22(31)27-18-10-8-7-9-11-18/h12-15,18,20-21,30,35H,7-11,16H2,1-6H3,(H,27,31)(H,28,33). The molecule has 1 aliphatic carbocycles. The maximum atomic E-state index is 13.9. The number of carbonyl (C=O) groups excluding carboxylic acids is 3. The molecule has 1 aromatic rings. The van der Waals surface area contributed by atoms with Gasteiger partial charge in [0.05, 0.1) is 0 Å². The van der Waals surface area contributed by atoms with Crippen molar-refractivity contribution in [1.82, 2.24) is 15.5 Å². The Hall–Kier alpha value is -2.42. The summed E-state index contributed by atoms with van der Waals surface area (Å²) in [6.07, 6.45) is 4.33. The minimum atomic E-state index is -1.01. The summed E-state index contributed by atoms with van der Waals surface area (Å²) in [7, 11) is 0. The topological polar surface area (TPSA) is 108 Å². The molecule has 0 spiro atoms. The number of benzene rings is 1. The van der Waals surface area contributed by atoms with Crippen LogP contribution < -0.4 is 10.6 Å². The summed E-state index contributed by atoms with van der Waals surface area (Å²) in [5.41, 5.74) is -0.943. The average molecular weight is 508 g/mol. The zero-order valence-corrected chi connectivity index (χ0v) is 22.7. The fourth-order valence-corrected chi connectivity index (χ4v) is 4.50. The van der Waals surface area contributed by atoms with Crippen LogP contribution in [0.2, 0.25) is 0 Å². The molecule has 0 bridgehead atoms. The highest BCUT2D eigenvalue weighted by molar-refractivity contribution is 7.80. The fourth-order valence-electron chi connectivity index (χ4n) is 4.25. The van der Waals surface area contributed by atoms with Gasteiger partial charge in [-0.2, -0.15) is 12.6 Å². The van der Waals surface area contributed by atoms with E-state index < -0.39 is 35.2 Å².